The molecule has 0 saturated carbocycles. The van der Waals surface area contributed by atoms with Crippen molar-refractivity contribution in [1.82, 2.24) is 9.97 Å². The Labute approximate surface area is 132 Å². The number of rotatable bonds is 3. The van der Waals surface area contributed by atoms with Gasteiger partial charge in [-0.1, -0.05) is 23.2 Å². The molecule has 3 nitrogen and oxygen atoms in total. The van der Waals surface area contributed by atoms with E-state index >= 15 is 0 Å². The lowest BCUT2D eigenvalue weighted by atomic mass is 10.2. The van der Waals surface area contributed by atoms with Gasteiger partial charge in [-0.15, -0.1) is 0 Å². The fraction of sp³-hybridized carbons (Fsp3) is 0.188. The second-order valence-corrected chi connectivity index (χ2v) is 5.80. The molecular weight excluding hydrogens is 307 g/mol. The van der Waals surface area contributed by atoms with E-state index in [1.165, 1.54) is 0 Å². The summed E-state index contributed by atoms with van der Waals surface area (Å²) in [6.07, 6.45) is -0.197. The molecule has 5 heteroatoms. The minimum atomic E-state index is -0.197. The molecule has 0 aliphatic carbocycles. The number of nitrogens with zero attached hydrogens (tertiary/aromatic N) is 1. The molecule has 108 valence electrons. The summed E-state index contributed by atoms with van der Waals surface area (Å²) in [6, 6.07) is 11.2. The molecule has 1 heterocycles. The fourth-order valence-electron chi connectivity index (χ4n) is 2.14. The monoisotopic (exact) mass is 320 g/mol. The van der Waals surface area contributed by atoms with Crippen LogP contribution >= 0.6 is 23.2 Å². The van der Waals surface area contributed by atoms with E-state index in [1.54, 1.807) is 0 Å². The SMILES string of the molecule is Cc1cc(O[C@H](C)c2nc3ccc(Cl)cc3[nH]2)ccc1Cl. The first-order valence-corrected chi connectivity index (χ1v) is 7.36. The summed E-state index contributed by atoms with van der Waals surface area (Å²) in [5.41, 5.74) is 2.76. The van der Waals surface area contributed by atoms with Crippen molar-refractivity contribution < 1.29 is 4.74 Å². The summed E-state index contributed by atoms with van der Waals surface area (Å²) < 4.78 is 5.91. The number of aromatic nitrogens is 2. The lowest BCUT2D eigenvalue weighted by molar-refractivity contribution is 0.218. The zero-order valence-electron chi connectivity index (χ0n) is 11.7. The van der Waals surface area contributed by atoms with Crippen molar-refractivity contribution in [2.24, 2.45) is 0 Å². The molecule has 1 aromatic heterocycles. The summed E-state index contributed by atoms with van der Waals surface area (Å²) in [5.74, 6) is 1.53. The Morgan fingerprint density at radius 3 is 2.71 bits per heavy atom. The number of aryl methyl sites for hydroxylation is 1. The van der Waals surface area contributed by atoms with Crippen LogP contribution in [-0.2, 0) is 0 Å². The Balaban J connectivity index is 1.85. The average molecular weight is 321 g/mol. The maximum absolute atomic E-state index is 6.02. The number of benzene rings is 2. The van der Waals surface area contributed by atoms with Crippen molar-refractivity contribution >= 4 is 34.2 Å². The Morgan fingerprint density at radius 2 is 1.95 bits per heavy atom. The first-order chi connectivity index (χ1) is 10.0. The van der Waals surface area contributed by atoms with Crippen LogP contribution in [0.5, 0.6) is 5.75 Å². The van der Waals surface area contributed by atoms with Gasteiger partial charge in [0, 0.05) is 10.0 Å². The van der Waals surface area contributed by atoms with E-state index in [2.05, 4.69) is 9.97 Å². The van der Waals surface area contributed by atoms with E-state index in [1.807, 2.05) is 50.2 Å². The Bertz CT molecular complexity index is 798. The van der Waals surface area contributed by atoms with E-state index in [0.29, 0.717) is 5.02 Å². The normalized spacial score (nSPS) is 12.6. The summed E-state index contributed by atoms with van der Waals surface area (Å²) in [5, 5.41) is 1.41. The molecule has 1 N–H and O–H groups in total. The first-order valence-electron chi connectivity index (χ1n) is 6.61. The van der Waals surface area contributed by atoms with Crippen LogP contribution in [0.4, 0.5) is 0 Å². The Hall–Kier alpha value is -1.71. The second kappa shape index (κ2) is 5.58. The third kappa shape index (κ3) is 2.99. The number of halogens is 2. The van der Waals surface area contributed by atoms with E-state index in [4.69, 9.17) is 27.9 Å². The number of imidazole rings is 1. The topological polar surface area (TPSA) is 37.9 Å². The Kier molecular flexibility index (Phi) is 3.79. The van der Waals surface area contributed by atoms with Crippen molar-refractivity contribution in [1.29, 1.82) is 0 Å². The van der Waals surface area contributed by atoms with Crippen LogP contribution in [0.3, 0.4) is 0 Å². The molecule has 0 saturated heterocycles. The standard InChI is InChI=1S/C16H14Cl2N2O/c1-9-7-12(4-5-13(9)18)21-10(2)16-19-14-6-3-11(17)8-15(14)20-16/h3-8,10H,1-2H3,(H,19,20)/t10-/m1/s1. The van der Waals surface area contributed by atoms with E-state index in [9.17, 15) is 0 Å². The smallest absolute Gasteiger partial charge is 0.153 e. The maximum atomic E-state index is 6.02. The second-order valence-electron chi connectivity index (χ2n) is 4.95. The quantitative estimate of drug-likeness (QED) is 0.709. The van der Waals surface area contributed by atoms with Gasteiger partial charge in [0.2, 0.25) is 0 Å². The highest BCUT2D eigenvalue weighted by Crippen LogP contribution is 2.26. The van der Waals surface area contributed by atoms with Crippen LogP contribution < -0.4 is 4.74 Å². The van der Waals surface area contributed by atoms with E-state index < -0.39 is 0 Å². The zero-order valence-corrected chi connectivity index (χ0v) is 13.2. The molecule has 0 aliphatic rings. The maximum Gasteiger partial charge on any atom is 0.153 e. The summed E-state index contributed by atoms with van der Waals surface area (Å²) >= 11 is 12.0. The lowest BCUT2D eigenvalue weighted by Gasteiger charge is -2.13. The lowest BCUT2D eigenvalue weighted by Crippen LogP contribution is -2.05. The molecule has 3 rings (SSSR count). The molecular formula is C16H14Cl2N2O. The van der Waals surface area contributed by atoms with Crippen molar-refractivity contribution in [2.45, 2.75) is 20.0 Å². The molecule has 3 aromatic rings. The summed E-state index contributed by atoms with van der Waals surface area (Å²) in [6.45, 7) is 3.90. The van der Waals surface area contributed by atoms with Crippen molar-refractivity contribution in [3.05, 3.63) is 57.8 Å². The number of fused-ring (bicyclic) bond motifs is 1. The highest BCUT2D eigenvalue weighted by Gasteiger charge is 2.13. The van der Waals surface area contributed by atoms with Gasteiger partial charge < -0.3 is 9.72 Å². The molecule has 0 radical (unpaired) electrons. The highest BCUT2D eigenvalue weighted by molar-refractivity contribution is 6.31. The predicted octanol–water partition coefficient (Wildman–Crippen LogP) is 5.32. The third-order valence-corrected chi connectivity index (χ3v) is 3.95. The van der Waals surface area contributed by atoms with Crippen LogP contribution in [0.1, 0.15) is 24.4 Å². The van der Waals surface area contributed by atoms with Gasteiger partial charge in [-0.3, -0.25) is 0 Å². The van der Waals surface area contributed by atoms with Gasteiger partial charge in [-0.05, 0) is 55.8 Å². The number of aromatic amines is 1. The molecule has 0 unspecified atom stereocenters. The molecule has 0 aliphatic heterocycles. The van der Waals surface area contributed by atoms with Crippen LogP contribution in [-0.4, -0.2) is 9.97 Å². The van der Waals surface area contributed by atoms with Crippen LogP contribution in [0.15, 0.2) is 36.4 Å². The number of H-pyrrole nitrogens is 1. The molecule has 0 fully saturated rings. The molecule has 2 aromatic carbocycles. The zero-order chi connectivity index (χ0) is 15.0. The van der Waals surface area contributed by atoms with Gasteiger partial charge in [0.05, 0.1) is 11.0 Å². The summed E-state index contributed by atoms with van der Waals surface area (Å²) in [7, 11) is 0. The van der Waals surface area contributed by atoms with Gasteiger partial charge in [0.15, 0.2) is 6.10 Å². The highest BCUT2D eigenvalue weighted by atomic mass is 35.5. The van der Waals surface area contributed by atoms with Crippen LogP contribution in [0.25, 0.3) is 11.0 Å². The largest absolute Gasteiger partial charge is 0.483 e. The van der Waals surface area contributed by atoms with Crippen LogP contribution in [0, 0.1) is 6.92 Å². The summed E-state index contributed by atoms with van der Waals surface area (Å²) in [4.78, 5) is 7.76. The number of ether oxygens (including phenoxy) is 1. The van der Waals surface area contributed by atoms with Gasteiger partial charge >= 0.3 is 0 Å². The average Bonchev–Trinajstić information content (AvgIpc) is 2.86. The molecule has 0 amide bonds. The minimum absolute atomic E-state index is 0.197. The van der Waals surface area contributed by atoms with Gasteiger partial charge in [-0.25, -0.2) is 4.98 Å². The van der Waals surface area contributed by atoms with Gasteiger partial charge in [0.1, 0.15) is 11.6 Å². The molecule has 0 bridgehead atoms. The first kappa shape index (κ1) is 14.2. The van der Waals surface area contributed by atoms with Crippen molar-refractivity contribution in [3.8, 4) is 5.75 Å². The number of hydrogen-bond donors (Lipinski definition) is 1. The molecule has 21 heavy (non-hydrogen) atoms. The number of hydrogen-bond acceptors (Lipinski definition) is 2. The van der Waals surface area contributed by atoms with Gasteiger partial charge in [-0.2, -0.15) is 0 Å². The van der Waals surface area contributed by atoms with Crippen LogP contribution in [0.2, 0.25) is 10.0 Å². The number of nitrogens with one attached hydrogen (secondary N) is 1. The fourth-order valence-corrected chi connectivity index (χ4v) is 2.43. The van der Waals surface area contributed by atoms with Crippen molar-refractivity contribution in [2.75, 3.05) is 0 Å². The van der Waals surface area contributed by atoms with E-state index in [-0.39, 0.29) is 6.10 Å². The minimum Gasteiger partial charge on any atom is -0.483 e. The van der Waals surface area contributed by atoms with Gasteiger partial charge in [0.25, 0.3) is 0 Å². The van der Waals surface area contributed by atoms with E-state index in [0.717, 1.165) is 33.2 Å². The predicted molar refractivity (Wildman–Crippen MR) is 86.3 cm³/mol. The third-order valence-electron chi connectivity index (χ3n) is 3.29. The Morgan fingerprint density at radius 1 is 1.14 bits per heavy atom. The molecule has 1 atom stereocenters. The van der Waals surface area contributed by atoms with Crippen molar-refractivity contribution in [3.63, 3.8) is 0 Å². The molecule has 0 spiro atoms.